The summed E-state index contributed by atoms with van der Waals surface area (Å²) in [6, 6.07) is 19.2. The quantitative estimate of drug-likeness (QED) is 0.0625. The molecule has 15 nitrogen and oxygen atoms in total. The number of hydrogen-bond donors (Lipinski definition) is 2. The largest absolute Gasteiger partial charge is 0.508 e. The number of phenols is 1. The van der Waals surface area contributed by atoms with Crippen molar-refractivity contribution in [1.82, 2.24) is 0 Å². The van der Waals surface area contributed by atoms with Crippen molar-refractivity contribution in [3.8, 4) is 47.7 Å². The standard InChI is InChI=1S/C27H28O7.C16H18O3.C11H12O5/c1-7-19-13-20(14-22-24(19)34-27(5,6)15-26(22,3)4)25(30)33-21-10-8-18(9-11-21)12-23(29)32-16-31-17(2)28;1-6-10-7-11(14(17)18)8-12-13(10)19-16(4,5)9-15(12,2)3;1-8(12)15-7-16-11(14)6-9-2-4-10(13)5-3-9/h1,8-11,13-14H,12,15-16H2,2-6H3;1,7-8H,9H2,2-5H3,(H,17,18);2-5,13H,6-7H2,1H3. The Bertz CT molecular complexity index is 2660. The van der Waals surface area contributed by atoms with Gasteiger partial charge in [0.15, 0.2) is 0 Å². The highest BCUT2D eigenvalue weighted by atomic mass is 16.7. The Morgan fingerprint density at radius 1 is 0.594 bits per heavy atom. The van der Waals surface area contributed by atoms with Crippen molar-refractivity contribution in [2.75, 3.05) is 13.6 Å². The van der Waals surface area contributed by atoms with Crippen LogP contribution in [0.4, 0.5) is 0 Å². The lowest BCUT2D eigenvalue weighted by molar-refractivity contribution is -0.167. The van der Waals surface area contributed by atoms with Crippen molar-refractivity contribution < 1.29 is 72.1 Å². The molecule has 0 aliphatic carbocycles. The number of hydrogen-bond acceptors (Lipinski definition) is 14. The van der Waals surface area contributed by atoms with E-state index in [1.54, 1.807) is 54.6 Å². The van der Waals surface area contributed by atoms with Gasteiger partial charge in [-0.05, 0) is 111 Å². The van der Waals surface area contributed by atoms with E-state index in [1.807, 2.05) is 27.7 Å². The number of fused-ring (bicyclic) bond motifs is 2. The molecule has 0 atom stereocenters. The smallest absolute Gasteiger partial charge is 0.343 e. The van der Waals surface area contributed by atoms with Gasteiger partial charge in [0.25, 0.3) is 0 Å². The summed E-state index contributed by atoms with van der Waals surface area (Å²) in [5.74, 6) is 3.30. The summed E-state index contributed by atoms with van der Waals surface area (Å²) in [6.45, 7) is 18.1. The summed E-state index contributed by atoms with van der Waals surface area (Å²) in [5, 5.41) is 18.2. The van der Waals surface area contributed by atoms with Crippen LogP contribution in [0.1, 0.15) is 136 Å². The average molecular weight is 947 g/mol. The number of terminal acetylenes is 2. The summed E-state index contributed by atoms with van der Waals surface area (Å²) in [4.78, 5) is 68.2. The number of phenolic OH excluding ortho intramolecular Hbond substituents is 1. The van der Waals surface area contributed by atoms with Crippen LogP contribution in [-0.4, -0.2) is 70.8 Å². The van der Waals surface area contributed by atoms with E-state index in [0.717, 1.165) is 24.0 Å². The Kier molecular flexibility index (Phi) is 17.4. The normalized spacial score (nSPS) is 14.9. The summed E-state index contributed by atoms with van der Waals surface area (Å²) in [5.41, 5.74) is 3.57. The van der Waals surface area contributed by atoms with Crippen LogP contribution < -0.4 is 14.2 Å². The molecule has 2 heterocycles. The lowest BCUT2D eigenvalue weighted by Gasteiger charge is -2.43. The maximum Gasteiger partial charge on any atom is 0.343 e. The minimum Gasteiger partial charge on any atom is -0.508 e. The van der Waals surface area contributed by atoms with Crippen molar-refractivity contribution in [3.05, 3.63) is 117 Å². The van der Waals surface area contributed by atoms with Crippen LogP contribution >= 0.6 is 0 Å². The second-order valence-electron chi connectivity index (χ2n) is 18.8. The minimum atomic E-state index is -0.972. The van der Waals surface area contributed by atoms with Crippen LogP contribution in [0.25, 0.3) is 0 Å². The Labute approximate surface area is 402 Å². The highest BCUT2D eigenvalue weighted by molar-refractivity contribution is 5.92. The monoisotopic (exact) mass is 946 g/mol. The van der Waals surface area contributed by atoms with Crippen molar-refractivity contribution in [1.29, 1.82) is 0 Å². The molecule has 2 aliphatic rings. The third kappa shape index (κ3) is 15.6. The van der Waals surface area contributed by atoms with E-state index in [4.69, 9.17) is 42.0 Å². The molecule has 0 bridgehead atoms. The predicted molar refractivity (Wildman–Crippen MR) is 253 cm³/mol. The van der Waals surface area contributed by atoms with Gasteiger partial charge in [0, 0.05) is 25.0 Å². The second-order valence-corrected chi connectivity index (χ2v) is 18.8. The molecular weight excluding hydrogens is 889 g/mol. The van der Waals surface area contributed by atoms with Gasteiger partial charge >= 0.3 is 35.8 Å². The molecule has 0 saturated carbocycles. The van der Waals surface area contributed by atoms with Crippen LogP contribution in [0.3, 0.4) is 0 Å². The highest BCUT2D eigenvalue weighted by Crippen LogP contribution is 2.48. The second kappa shape index (κ2) is 22.3. The van der Waals surface area contributed by atoms with E-state index in [1.165, 1.54) is 32.0 Å². The van der Waals surface area contributed by atoms with Crippen LogP contribution in [0.15, 0.2) is 72.8 Å². The number of benzene rings is 4. The van der Waals surface area contributed by atoms with Gasteiger partial charge in [0.1, 0.15) is 34.2 Å². The highest BCUT2D eigenvalue weighted by Gasteiger charge is 2.42. The fourth-order valence-corrected chi connectivity index (χ4v) is 8.13. The van der Waals surface area contributed by atoms with E-state index in [2.05, 4.69) is 53.7 Å². The summed E-state index contributed by atoms with van der Waals surface area (Å²) in [6.07, 6.45) is 12.9. The molecule has 2 N–H and O–H groups in total. The fraction of sp³-hybridized carbons (Fsp3) is 0.370. The number of carboxylic acid groups (broad SMARTS) is 1. The Balaban J connectivity index is 0.000000249. The molecule has 0 spiro atoms. The number of carbonyl (C=O) groups is 6. The molecule has 0 unspecified atom stereocenters. The first-order chi connectivity index (χ1) is 32.1. The van der Waals surface area contributed by atoms with Crippen LogP contribution in [0, 0.1) is 24.7 Å². The van der Waals surface area contributed by atoms with E-state index >= 15 is 0 Å². The predicted octanol–water partition coefficient (Wildman–Crippen LogP) is 8.54. The minimum absolute atomic E-state index is 0.0166. The zero-order chi connectivity index (χ0) is 51.5. The third-order valence-corrected chi connectivity index (χ3v) is 10.7. The number of aromatic carboxylic acids is 1. The molecule has 364 valence electrons. The molecule has 15 heteroatoms. The molecule has 0 amide bonds. The molecule has 6 rings (SSSR count). The van der Waals surface area contributed by atoms with Gasteiger partial charge < -0.3 is 43.4 Å². The number of rotatable bonds is 11. The van der Waals surface area contributed by atoms with E-state index < -0.39 is 42.6 Å². The first kappa shape index (κ1) is 53.8. The molecule has 4 aromatic carbocycles. The first-order valence-corrected chi connectivity index (χ1v) is 21.7. The maximum atomic E-state index is 12.9. The van der Waals surface area contributed by atoms with Crippen molar-refractivity contribution in [2.24, 2.45) is 0 Å². The van der Waals surface area contributed by atoms with Gasteiger partial charge in [-0.3, -0.25) is 19.2 Å². The van der Waals surface area contributed by atoms with Gasteiger partial charge in [-0.2, -0.15) is 0 Å². The van der Waals surface area contributed by atoms with E-state index in [0.29, 0.717) is 45.1 Å². The number of ether oxygens (including phenoxy) is 7. The van der Waals surface area contributed by atoms with Crippen LogP contribution in [0.2, 0.25) is 0 Å². The Hall–Kier alpha value is -7.78. The first-order valence-electron chi connectivity index (χ1n) is 21.7. The third-order valence-electron chi connectivity index (χ3n) is 10.7. The van der Waals surface area contributed by atoms with Gasteiger partial charge in [-0.25, -0.2) is 9.59 Å². The number of carboxylic acids is 1. The molecule has 0 saturated heterocycles. The lowest BCUT2D eigenvalue weighted by Crippen LogP contribution is -2.41. The zero-order valence-electron chi connectivity index (χ0n) is 40.5. The SMILES string of the molecule is C#Cc1cc(C(=O)O)cc2c1OC(C)(C)CC2(C)C.C#Cc1cc(C(=O)Oc2ccc(CC(=O)OCOC(C)=O)cc2)cc2c1OC(C)(C)CC2(C)C.CC(=O)OCOC(=O)Cc1ccc(O)cc1. The van der Waals surface area contributed by atoms with E-state index in [-0.39, 0.29) is 53.0 Å². The van der Waals surface area contributed by atoms with Gasteiger partial charge in [0.2, 0.25) is 13.6 Å². The molecule has 0 aromatic heterocycles. The number of carbonyl (C=O) groups excluding carboxylic acids is 5. The Morgan fingerprint density at radius 2 is 0.986 bits per heavy atom. The van der Waals surface area contributed by atoms with Gasteiger partial charge in [-0.1, -0.05) is 63.8 Å². The summed E-state index contributed by atoms with van der Waals surface area (Å²) < 4.78 is 36.1. The summed E-state index contributed by atoms with van der Waals surface area (Å²) >= 11 is 0. The molecular formula is C54H58O15. The fourth-order valence-electron chi connectivity index (χ4n) is 8.13. The van der Waals surface area contributed by atoms with E-state index in [9.17, 15) is 28.8 Å². The average Bonchev–Trinajstić information content (AvgIpc) is 3.23. The topological polar surface area (TPSA) is 207 Å². The zero-order valence-corrected chi connectivity index (χ0v) is 40.5. The van der Waals surface area contributed by atoms with Gasteiger partial charge in [0.05, 0.1) is 35.1 Å². The maximum absolute atomic E-state index is 12.9. The molecule has 2 aliphatic heterocycles. The molecule has 0 fully saturated rings. The molecule has 0 radical (unpaired) electrons. The van der Waals surface area contributed by atoms with Crippen molar-refractivity contribution in [2.45, 2.75) is 117 Å². The molecule has 4 aromatic rings. The lowest BCUT2D eigenvalue weighted by atomic mass is 9.72. The number of aromatic hydroxyl groups is 1. The Morgan fingerprint density at radius 3 is 1.38 bits per heavy atom. The summed E-state index contributed by atoms with van der Waals surface area (Å²) in [7, 11) is 0. The van der Waals surface area contributed by atoms with Gasteiger partial charge in [-0.15, -0.1) is 12.8 Å². The van der Waals surface area contributed by atoms with Crippen LogP contribution in [0.5, 0.6) is 23.0 Å². The molecule has 69 heavy (non-hydrogen) atoms. The van der Waals surface area contributed by atoms with Crippen molar-refractivity contribution >= 4 is 35.8 Å². The van der Waals surface area contributed by atoms with Crippen LogP contribution in [-0.2, 0) is 61.8 Å². The van der Waals surface area contributed by atoms with Crippen molar-refractivity contribution in [3.63, 3.8) is 0 Å². The number of esters is 5.